The Morgan fingerprint density at radius 3 is 2.71 bits per heavy atom. The number of hydrogen-bond acceptors (Lipinski definition) is 5. The van der Waals surface area contributed by atoms with Gasteiger partial charge in [0.05, 0.1) is 34.8 Å². The zero-order valence-electron chi connectivity index (χ0n) is 19.7. The molecule has 35 heavy (non-hydrogen) atoms. The van der Waals surface area contributed by atoms with Crippen molar-refractivity contribution in [2.24, 2.45) is 0 Å². The average molecular weight is 501 g/mol. The summed E-state index contributed by atoms with van der Waals surface area (Å²) in [6, 6.07) is 11.2. The van der Waals surface area contributed by atoms with Gasteiger partial charge in [0.2, 0.25) is 5.91 Å². The number of ether oxygens (including phenoxy) is 2. The van der Waals surface area contributed by atoms with Crippen molar-refractivity contribution in [2.45, 2.75) is 44.4 Å². The number of nitrogens with one attached hydrogen (secondary N) is 3. The minimum absolute atomic E-state index is 0.0453. The number of amides is 4. The molecule has 4 amide bonds. The van der Waals surface area contributed by atoms with Crippen LogP contribution in [0.25, 0.3) is 0 Å². The Morgan fingerprint density at radius 1 is 1.14 bits per heavy atom. The molecule has 4 rings (SSSR count). The molecule has 0 aromatic heterocycles. The smallest absolute Gasteiger partial charge is 0.323 e. The third-order valence-corrected chi connectivity index (χ3v) is 6.51. The Balaban J connectivity index is 1.46. The van der Waals surface area contributed by atoms with E-state index in [9.17, 15) is 14.4 Å². The van der Waals surface area contributed by atoms with Crippen molar-refractivity contribution in [1.29, 1.82) is 0 Å². The molecule has 3 N–H and O–H groups in total. The summed E-state index contributed by atoms with van der Waals surface area (Å²) in [5.74, 6) is 0.138. The Bertz CT molecular complexity index is 1110. The Kier molecular flexibility index (Phi) is 7.77. The van der Waals surface area contributed by atoms with E-state index in [4.69, 9.17) is 21.1 Å². The molecule has 0 bridgehead atoms. The van der Waals surface area contributed by atoms with Crippen LogP contribution in [0.4, 0.5) is 16.2 Å². The van der Waals surface area contributed by atoms with Crippen LogP contribution in [-0.4, -0.2) is 61.2 Å². The number of hydrogen-bond donors (Lipinski definition) is 3. The standard InChI is InChI=1S/C25H29ClN4O5/c1-3-27-23(31)13-16-9-10-20-22(35-16)14-34-21-11-8-15(12-17(21)24(32)30(20)2)28-25(33)29-19-7-5-4-6-18(19)26/h4-8,11-12,16,20,22H,3,9-10,13-14H2,1-2H3,(H,27,31)(H2,28,29,33)/t16-,20-,22-/m1/s1. The summed E-state index contributed by atoms with van der Waals surface area (Å²) >= 11 is 6.10. The molecule has 9 nitrogen and oxygen atoms in total. The second-order valence-electron chi connectivity index (χ2n) is 8.60. The predicted octanol–water partition coefficient (Wildman–Crippen LogP) is 3.89. The van der Waals surface area contributed by atoms with E-state index in [1.165, 1.54) is 0 Å². The van der Waals surface area contributed by atoms with Gasteiger partial charge in [-0.1, -0.05) is 23.7 Å². The molecule has 0 spiro atoms. The number of likely N-dealkylation sites (N-methyl/N-ethyl adjacent to an activating group) is 1. The van der Waals surface area contributed by atoms with E-state index in [1.807, 2.05) is 6.92 Å². The van der Waals surface area contributed by atoms with Gasteiger partial charge in [-0.15, -0.1) is 0 Å². The second-order valence-corrected chi connectivity index (χ2v) is 9.00. The second kappa shape index (κ2) is 11.0. The fourth-order valence-electron chi connectivity index (χ4n) is 4.43. The fourth-order valence-corrected chi connectivity index (χ4v) is 4.61. The number of anilines is 2. The predicted molar refractivity (Wildman–Crippen MR) is 133 cm³/mol. The van der Waals surface area contributed by atoms with Crippen LogP contribution in [0, 0.1) is 0 Å². The topological polar surface area (TPSA) is 109 Å². The normalized spacial score (nSPS) is 21.5. The van der Waals surface area contributed by atoms with Gasteiger partial charge >= 0.3 is 6.03 Å². The highest BCUT2D eigenvalue weighted by Crippen LogP contribution is 2.32. The summed E-state index contributed by atoms with van der Waals surface area (Å²) in [4.78, 5) is 39.4. The number of rotatable bonds is 5. The van der Waals surface area contributed by atoms with Crippen molar-refractivity contribution in [3.8, 4) is 5.75 Å². The summed E-state index contributed by atoms with van der Waals surface area (Å²) in [5.41, 5.74) is 1.27. The lowest BCUT2D eigenvalue weighted by atomic mass is 9.94. The van der Waals surface area contributed by atoms with Crippen LogP contribution in [0.2, 0.25) is 5.02 Å². The quantitative estimate of drug-likeness (QED) is 0.577. The largest absolute Gasteiger partial charge is 0.490 e. The molecule has 0 radical (unpaired) electrons. The molecule has 1 saturated heterocycles. The third-order valence-electron chi connectivity index (χ3n) is 6.18. The van der Waals surface area contributed by atoms with Crippen molar-refractivity contribution in [2.75, 3.05) is 30.8 Å². The number of nitrogens with zero attached hydrogens (tertiary/aromatic N) is 1. The summed E-state index contributed by atoms with van der Waals surface area (Å²) in [5, 5.41) is 8.64. The molecule has 0 unspecified atom stereocenters. The molecule has 186 valence electrons. The van der Waals surface area contributed by atoms with Gasteiger partial charge in [-0.3, -0.25) is 9.59 Å². The first-order valence-electron chi connectivity index (χ1n) is 11.6. The zero-order valence-corrected chi connectivity index (χ0v) is 20.4. The summed E-state index contributed by atoms with van der Waals surface area (Å²) < 4.78 is 12.1. The Morgan fingerprint density at radius 2 is 1.94 bits per heavy atom. The van der Waals surface area contributed by atoms with E-state index in [-0.39, 0.29) is 43.1 Å². The lowest BCUT2D eigenvalue weighted by Gasteiger charge is -2.42. The Labute approximate surface area is 209 Å². The van der Waals surface area contributed by atoms with Gasteiger partial charge in [0, 0.05) is 19.3 Å². The van der Waals surface area contributed by atoms with Gasteiger partial charge in [-0.25, -0.2) is 4.79 Å². The van der Waals surface area contributed by atoms with Gasteiger partial charge in [-0.05, 0) is 50.1 Å². The maximum atomic E-state index is 13.3. The maximum Gasteiger partial charge on any atom is 0.323 e. The van der Waals surface area contributed by atoms with Crippen molar-refractivity contribution in [1.82, 2.24) is 10.2 Å². The zero-order chi connectivity index (χ0) is 24.9. The molecule has 1 fully saturated rings. The van der Waals surface area contributed by atoms with E-state index in [0.29, 0.717) is 47.1 Å². The number of carbonyl (C=O) groups is 3. The van der Waals surface area contributed by atoms with E-state index < -0.39 is 6.03 Å². The highest BCUT2D eigenvalue weighted by molar-refractivity contribution is 6.33. The summed E-state index contributed by atoms with van der Waals surface area (Å²) in [7, 11) is 1.74. The highest BCUT2D eigenvalue weighted by atomic mass is 35.5. The number of urea groups is 1. The van der Waals surface area contributed by atoms with Crippen LogP contribution in [0.1, 0.15) is 36.5 Å². The van der Waals surface area contributed by atoms with Gasteiger partial charge in [0.1, 0.15) is 18.5 Å². The van der Waals surface area contributed by atoms with Gasteiger partial charge in [0.25, 0.3) is 5.91 Å². The Hall–Kier alpha value is -3.30. The van der Waals surface area contributed by atoms with Crippen LogP contribution in [0.15, 0.2) is 42.5 Å². The first-order valence-corrected chi connectivity index (χ1v) is 12.0. The molecular formula is C25H29ClN4O5. The van der Waals surface area contributed by atoms with Crippen molar-refractivity contribution < 1.29 is 23.9 Å². The van der Waals surface area contributed by atoms with E-state index in [2.05, 4.69) is 16.0 Å². The first-order chi connectivity index (χ1) is 16.9. The molecule has 0 saturated carbocycles. The monoisotopic (exact) mass is 500 g/mol. The highest BCUT2D eigenvalue weighted by Gasteiger charge is 2.39. The fraction of sp³-hybridized carbons (Fsp3) is 0.400. The number of carbonyl (C=O) groups excluding carboxylic acids is 3. The average Bonchev–Trinajstić information content (AvgIpc) is 2.83. The molecule has 2 heterocycles. The first kappa shape index (κ1) is 24.8. The van der Waals surface area contributed by atoms with Gasteiger partial charge in [0.15, 0.2) is 0 Å². The van der Waals surface area contributed by atoms with Crippen LogP contribution < -0.4 is 20.7 Å². The van der Waals surface area contributed by atoms with Crippen molar-refractivity contribution in [3.05, 3.63) is 53.1 Å². The van der Waals surface area contributed by atoms with Crippen LogP contribution in [0.5, 0.6) is 5.75 Å². The molecular weight excluding hydrogens is 472 g/mol. The molecule has 0 aliphatic carbocycles. The third kappa shape index (κ3) is 5.86. The van der Waals surface area contributed by atoms with E-state index >= 15 is 0 Å². The number of fused-ring (bicyclic) bond motifs is 2. The van der Waals surface area contributed by atoms with E-state index in [0.717, 1.165) is 0 Å². The van der Waals surface area contributed by atoms with Gasteiger partial charge < -0.3 is 30.3 Å². The summed E-state index contributed by atoms with van der Waals surface area (Å²) in [6.07, 6.45) is 1.11. The minimum Gasteiger partial charge on any atom is -0.490 e. The van der Waals surface area contributed by atoms with Crippen molar-refractivity contribution in [3.63, 3.8) is 0 Å². The van der Waals surface area contributed by atoms with Crippen molar-refractivity contribution >= 4 is 40.8 Å². The molecule has 2 aromatic rings. The number of para-hydroxylation sites is 1. The molecule has 2 aliphatic rings. The lowest BCUT2D eigenvalue weighted by molar-refractivity contribution is -0.133. The molecule has 3 atom stereocenters. The lowest BCUT2D eigenvalue weighted by Crippen LogP contribution is -2.54. The molecule has 2 aliphatic heterocycles. The number of benzene rings is 2. The molecule has 2 aromatic carbocycles. The number of halogens is 1. The minimum atomic E-state index is -0.482. The maximum absolute atomic E-state index is 13.3. The van der Waals surface area contributed by atoms with Crippen LogP contribution in [0.3, 0.4) is 0 Å². The van der Waals surface area contributed by atoms with Crippen LogP contribution in [-0.2, 0) is 9.53 Å². The van der Waals surface area contributed by atoms with Gasteiger partial charge in [-0.2, -0.15) is 0 Å². The molecule has 10 heteroatoms. The SMILES string of the molecule is CCNC(=O)C[C@H]1CC[C@@H]2[C@@H](COc3ccc(NC(=O)Nc4ccccc4Cl)cc3C(=O)N2C)O1. The summed E-state index contributed by atoms with van der Waals surface area (Å²) in [6.45, 7) is 2.71. The van der Waals surface area contributed by atoms with E-state index in [1.54, 1.807) is 54.4 Å². The van der Waals surface area contributed by atoms with Crippen LogP contribution >= 0.6 is 11.6 Å².